The molecule has 4 rings (SSSR count). The van der Waals surface area contributed by atoms with Gasteiger partial charge < -0.3 is 10.3 Å². The average Bonchev–Trinajstić information content (AvgIpc) is 3.22. The van der Waals surface area contributed by atoms with Crippen molar-refractivity contribution in [2.45, 2.75) is 5.92 Å². The van der Waals surface area contributed by atoms with E-state index in [-0.39, 0.29) is 11.8 Å². The van der Waals surface area contributed by atoms with Gasteiger partial charge >= 0.3 is 0 Å². The number of rotatable bonds is 4. The van der Waals surface area contributed by atoms with Crippen LogP contribution >= 0.6 is 0 Å². The Balaban J connectivity index is 1.47. The van der Waals surface area contributed by atoms with E-state index in [1.807, 2.05) is 66.9 Å². The molecule has 3 heteroatoms. The molecule has 0 aliphatic rings. The molecule has 1 aromatic heterocycles. The van der Waals surface area contributed by atoms with E-state index in [4.69, 9.17) is 0 Å². The van der Waals surface area contributed by atoms with Gasteiger partial charge in [-0.15, -0.1) is 0 Å². The van der Waals surface area contributed by atoms with Gasteiger partial charge in [-0.2, -0.15) is 0 Å². The van der Waals surface area contributed by atoms with Crippen LogP contribution in [0.5, 0.6) is 0 Å². The summed E-state index contributed by atoms with van der Waals surface area (Å²) >= 11 is 0. The summed E-state index contributed by atoms with van der Waals surface area (Å²) in [4.78, 5) is 15.5. The van der Waals surface area contributed by atoms with Crippen molar-refractivity contribution in [3.05, 3.63) is 108 Å². The van der Waals surface area contributed by atoms with Gasteiger partial charge in [0.2, 0.25) is 0 Å². The van der Waals surface area contributed by atoms with E-state index in [0.717, 1.165) is 16.5 Å². The van der Waals surface area contributed by atoms with Crippen LogP contribution in [-0.2, 0) is 4.79 Å². The highest BCUT2D eigenvalue weighted by molar-refractivity contribution is 5.94. The summed E-state index contributed by atoms with van der Waals surface area (Å²) in [5.74, 6) is 5.47. The van der Waals surface area contributed by atoms with Crippen LogP contribution in [0.1, 0.15) is 22.6 Å². The summed E-state index contributed by atoms with van der Waals surface area (Å²) in [6.07, 6.45) is 1.89. The van der Waals surface area contributed by atoms with Crippen molar-refractivity contribution in [2.75, 3.05) is 6.54 Å². The average molecular weight is 364 g/mol. The van der Waals surface area contributed by atoms with Crippen LogP contribution in [0.4, 0.5) is 0 Å². The Hall–Kier alpha value is -3.77. The number of hydrogen-bond donors (Lipinski definition) is 2. The molecule has 136 valence electrons. The SMILES string of the molecule is O=C(C#Cc1ccc2[nH]ccc2c1)NCC(c1ccccc1)c1ccccc1. The number of nitrogens with one attached hydrogen (secondary N) is 2. The number of hydrogen-bond acceptors (Lipinski definition) is 1. The summed E-state index contributed by atoms with van der Waals surface area (Å²) in [5.41, 5.74) is 4.22. The highest BCUT2D eigenvalue weighted by Crippen LogP contribution is 2.23. The number of aromatic amines is 1. The molecule has 0 radical (unpaired) electrons. The molecular formula is C25H20N2O. The minimum atomic E-state index is -0.272. The highest BCUT2D eigenvalue weighted by Gasteiger charge is 2.14. The smallest absolute Gasteiger partial charge is 0.296 e. The van der Waals surface area contributed by atoms with Crippen molar-refractivity contribution in [3.63, 3.8) is 0 Å². The number of H-pyrrole nitrogens is 1. The van der Waals surface area contributed by atoms with Gasteiger partial charge in [-0.05, 0) is 35.4 Å². The van der Waals surface area contributed by atoms with Crippen molar-refractivity contribution < 1.29 is 4.79 Å². The van der Waals surface area contributed by atoms with Crippen molar-refractivity contribution in [3.8, 4) is 11.8 Å². The van der Waals surface area contributed by atoms with Gasteiger partial charge in [-0.1, -0.05) is 66.6 Å². The lowest BCUT2D eigenvalue weighted by atomic mass is 9.91. The molecule has 0 saturated carbocycles. The molecule has 0 aliphatic heterocycles. The van der Waals surface area contributed by atoms with E-state index in [1.54, 1.807) is 0 Å². The van der Waals surface area contributed by atoms with Gasteiger partial charge in [0.15, 0.2) is 0 Å². The van der Waals surface area contributed by atoms with Crippen LogP contribution in [0.15, 0.2) is 91.1 Å². The van der Waals surface area contributed by atoms with Crippen LogP contribution in [0.2, 0.25) is 0 Å². The first kappa shape index (κ1) is 17.6. The summed E-state index contributed by atoms with van der Waals surface area (Å²) < 4.78 is 0. The van der Waals surface area contributed by atoms with Gasteiger partial charge in [0.25, 0.3) is 5.91 Å². The maximum absolute atomic E-state index is 12.3. The van der Waals surface area contributed by atoms with Gasteiger partial charge in [0, 0.05) is 41.0 Å². The van der Waals surface area contributed by atoms with E-state index in [2.05, 4.69) is 46.4 Å². The fraction of sp³-hybridized carbons (Fsp3) is 0.0800. The summed E-state index contributed by atoms with van der Waals surface area (Å²) in [7, 11) is 0. The Morgan fingerprint density at radius 2 is 1.57 bits per heavy atom. The first-order valence-corrected chi connectivity index (χ1v) is 9.26. The normalized spacial score (nSPS) is 10.5. The van der Waals surface area contributed by atoms with Crippen molar-refractivity contribution in [1.82, 2.24) is 10.3 Å². The molecular weight excluding hydrogens is 344 g/mol. The standard InChI is InChI=1S/C25H20N2O/c28-25(14-12-19-11-13-24-22(17-19)15-16-26-24)27-18-23(20-7-3-1-4-8-20)21-9-5-2-6-10-21/h1-11,13,15-17,23,26H,18H2,(H,27,28). The molecule has 0 spiro atoms. The van der Waals surface area contributed by atoms with Gasteiger partial charge in [-0.25, -0.2) is 0 Å². The fourth-order valence-corrected chi connectivity index (χ4v) is 3.30. The zero-order chi connectivity index (χ0) is 19.2. The van der Waals surface area contributed by atoms with Crippen LogP contribution in [0.25, 0.3) is 10.9 Å². The van der Waals surface area contributed by atoms with E-state index in [0.29, 0.717) is 6.54 Å². The third-order valence-corrected chi connectivity index (χ3v) is 4.74. The second kappa shape index (κ2) is 8.28. The van der Waals surface area contributed by atoms with Gasteiger partial charge in [-0.3, -0.25) is 4.79 Å². The lowest BCUT2D eigenvalue weighted by Gasteiger charge is -2.18. The number of amides is 1. The second-order valence-electron chi connectivity index (χ2n) is 6.61. The molecule has 0 unspecified atom stereocenters. The largest absolute Gasteiger partial charge is 0.361 e. The first-order chi connectivity index (χ1) is 13.8. The fourth-order valence-electron chi connectivity index (χ4n) is 3.30. The number of benzene rings is 3. The Morgan fingerprint density at radius 3 is 2.25 bits per heavy atom. The van der Waals surface area contributed by atoms with Crippen LogP contribution in [-0.4, -0.2) is 17.4 Å². The molecule has 28 heavy (non-hydrogen) atoms. The van der Waals surface area contributed by atoms with E-state index in [1.165, 1.54) is 11.1 Å². The number of fused-ring (bicyclic) bond motifs is 1. The monoisotopic (exact) mass is 364 g/mol. The minimum absolute atomic E-state index is 0.0874. The van der Waals surface area contributed by atoms with E-state index < -0.39 is 0 Å². The molecule has 0 aliphatic carbocycles. The van der Waals surface area contributed by atoms with Crippen molar-refractivity contribution in [2.24, 2.45) is 0 Å². The summed E-state index contributed by atoms with van der Waals surface area (Å²) in [6.45, 7) is 0.498. The Bertz CT molecular complexity index is 1100. The first-order valence-electron chi connectivity index (χ1n) is 9.26. The molecule has 0 bridgehead atoms. The molecule has 0 fully saturated rings. The maximum Gasteiger partial charge on any atom is 0.296 e. The predicted octanol–water partition coefficient (Wildman–Crippen LogP) is 4.47. The Kier molecular flexibility index (Phi) is 5.22. The molecule has 4 aromatic rings. The number of carbonyl (C=O) groups excluding carboxylic acids is 1. The summed E-state index contributed by atoms with van der Waals surface area (Å²) in [6, 6.07) is 28.3. The quantitative estimate of drug-likeness (QED) is 0.516. The number of aromatic nitrogens is 1. The predicted molar refractivity (Wildman–Crippen MR) is 113 cm³/mol. The second-order valence-corrected chi connectivity index (χ2v) is 6.61. The zero-order valence-corrected chi connectivity index (χ0v) is 15.4. The molecule has 0 atom stereocenters. The third-order valence-electron chi connectivity index (χ3n) is 4.74. The van der Waals surface area contributed by atoms with E-state index >= 15 is 0 Å². The lowest BCUT2D eigenvalue weighted by Crippen LogP contribution is -2.27. The highest BCUT2D eigenvalue weighted by atomic mass is 16.1. The molecule has 3 nitrogen and oxygen atoms in total. The van der Waals surface area contributed by atoms with Crippen molar-refractivity contribution >= 4 is 16.8 Å². The third kappa shape index (κ3) is 4.13. The van der Waals surface area contributed by atoms with Crippen molar-refractivity contribution in [1.29, 1.82) is 0 Å². The zero-order valence-electron chi connectivity index (χ0n) is 15.4. The molecule has 2 N–H and O–H groups in total. The molecule has 1 amide bonds. The van der Waals surface area contributed by atoms with Crippen LogP contribution in [0, 0.1) is 11.8 Å². The number of carbonyl (C=O) groups is 1. The van der Waals surface area contributed by atoms with Gasteiger partial charge in [0.05, 0.1) is 0 Å². The molecule has 3 aromatic carbocycles. The maximum atomic E-state index is 12.3. The Labute approximate surface area is 164 Å². The topological polar surface area (TPSA) is 44.9 Å². The van der Waals surface area contributed by atoms with E-state index in [9.17, 15) is 4.79 Å². The van der Waals surface area contributed by atoms with Crippen LogP contribution < -0.4 is 5.32 Å². The van der Waals surface area contributed by atoms with Crippen LogP contribution in [0.3, 0.4) is 0 Å². The lowest BCUT2D eigenvalue weighted by molar-refractivity contribution is -0.115. The Morgan fingerprint density at radius 1 is 0.893 bits per heavy atom. The molecule has 1 heterocycles. The molecule has 0 saturated heterocycles. The summed E-state index contributed by atoms with van der Waals surface area (Å²) in [5, 5.41) is 4.05. The minimum Gasteiger partial charge on any atom is -0.361 e. The van der Waals surface area contributed by atoms with Gasteiger partial charge in [0.1, 0.15) is 0 Å².